The number of aryl methyl sites for hydroxylation is 1. The maximum atomic E-state index is 6.17. The normalized spacial score (nSPS) is 18.8. The van der Waals surface area contributed by atoms with Gasteiger partial charge in [0.1, 0.15) is 0 Å². The van der Waals surface area contributed by atoms with E-state index in [1.54, 1.807) is 11.3 Å². The third-order valence-corrected chi connectivity index (χ3v) is 7.74. The lowest BCUT2D eigenvalue weighted by Crippen LogP contribution is -2.41. The van der Waals surface area contributed by atoms with Crippen LogP contribution in [0.2, 0.25) is 0 Å². The number of thiophene rings is 2. The minimum atomic E-state index is -0.281. The molecule has 0 aliphatic carbocycles. The van der Waals surface area contributed by atoms with Crippen LogP contribution in [0.3, 0.4) is 0 Å². The van der Waals surface area contributed by atoms with Crippen molar-refractivity contribution >= 4 is 34.6 Å². The fourth-order valence-electron chi connectivity index (χ4n) is 2.94. The second-order valence-electron chi connectivity index (χ2n) is 7.87. The van der Waals surface area contributed by atoms with Gasteiger partial charge in [-0.25, -0.2) is 0 Å². The van der Waals surface area contributed by atoms with Crippen LogP contribution in [-0.4, -0.2) is 18.3 Å². The summed E-state index contributed by atoms with van der Waals surface area (Å²) in [4.78, 5) is 4.17. The predicted octanol–water partition coefficient (Wildman–Crippen LogP) is 5.90. The molecule has 136 valence electrons. The Hall–Kier alpha value is -0.615. The molecule has 5 heteroatoms. The van der Waals surface area contributed by atoms with E-state index in [0.29, 0.717) is 0 Å². The maximum absolute atomic E-state index is 6.17. The predicted molar refractivity (Wildman–Crippen MR) is 111 cm³/mol. The van der Waals surface area contributed by atoms with Gasteiger partial charge in [-0.3, -0.25) is 0 Å². The van der Waals surface area contributed by atoms with Crippen molar-refractivity contribution in [2.45, 2.75) is 77.9 Å². The summed E-state index contributed by atoms with van der Waals surface area (Å²) in [5.74, 6) is 0. The molecule has 0 spiro atoms. The molecule has 1 aliphatic rings. The summed E-state index contributed by atoms with van der Waals surface area (Å²) in [5, 5.41) is 0. The Labute approximate surface area is 160 Å². The van der Waals surface area contributed by atoms with Crippen LogP contribution in [0, 0.1) is 0 Å². The van der Waals surface area contributed by atoms with Crippen LogP contribution in [0.25, 0.3) is 9.75 Å². The van der Waals surface area contributed by atoms with Crippen molar-refractivity contribution in [1.82, 2.24) is 0 Å². The molecule has 25 heavy (non-hydrogen) atoms. The minimum absolute atomic E-state index is 0.253. The molecule has 1 fully saturated rings. The van der Waals surface area contributed by atoms with Gasteiger partial charge >= 0.3 is 7.12 Å². The molecule has 0 bridgehead atoms. The Kier molecular flexibility index (Phi) is 5.79. The first-order chi connectivity index (χ1) is 11.8. The summed E-state index contributed by atoms with van der Waals surface area (Å²) in [5.41, 5.74) is -0.563. The van der Waals surface area contributed by atoms with Crippen LogP contribution < -0.4 is 4.78 Å². The van der Waals surface area contributed by atoms with Crippen LogP contribution in [0.5, 0.6) is 0 Å². The van der Waals surface area contributed by atoms with Gasteiger partial charge in [-0.05, 0) is 58.7 Å². The molecule has 2 aromatic rings. The Bertz CT molecular complexity index is 686. The summed E-state index contributed by atoms with van der Waals surface area (Å²) in [7, 11) is -0.253. The van der Waals surface area contributed by atoms with E-state index in [2.05, 4.69) is 58.9 Å². The van der Waals surface area contributed by atoms with Crippen molar-refractivity contribution in [3.05, 3.63) is 29.1 Å². The first-order valence-corrected chi connectivity index (χ1v) is 11.0. The molecule has 0 atom stereocenters. The molecular weight excluding hydrogens is 347 g/mol. The molecule has 0 amide bonds. The van der Waals surface area contributed by atoms with Crippen LogP contribution in [-0.2, 0) is 15.7 Å². The molecule has 3 heterocycles. The molecule has 0 unspecified atom stereocenters. The first kappa shape index (κ1) is 19.2. The minimum Gasteiger partial charge on any atom is -0.399 e. The van der Waals surface area contributed by atoms with Crippen molar-refractivity contribution < 1.29 is 9.31 Å². The average Bonchev–Trinajstić information content (AvgIpc) is 3.22. The molecule has 3 rings (SSSR count). The second kappa shape index (κ2) is 7.55. The van der Waals surface area contributed by atoms with Crippen LogP contribution >= 0.6 is 22.7 Å². The molecular formula is C20H29BO2S2. The van der Waals surface area contributed by atoms with Crippen LogP contribution in [0.1, 0.15) is 65.2 Å². The quantitative estimate of drug-likeness (QED) is 0.443. The van der Waals surface area contributed by atoms with Gasteiger partial charge in [0, 0.05) is 19.4 Å². The van der Waals surface area contributed by atoms with Crippen LogP contribution in [0.4, 0.5) is 0 Å². The zero-order valence-corrected chi connectivity index (χ0v) is 17.7. The highest BCUT2D eigenvalue weighted by atomic mass is 32.1. The average molecular weight is 376 g/mol. The number of rotatable bonds is 7. The Balaban J connectivity index is 1.65. The maximum Gasteiger partial charge on any atom is 0.505 e. The van der Waals surface area contributed by atoms with Gasteiger partial charge in [-0.15, -0.1) is 22.7 Å². The lowest BCUT2D eigenvalue weighted by Gasteiger charge is -2.32. The Morgan fingerprint density at radius 1 is 0.840 bits per heavy atom. The molecule has 2 aromatic heterocycles. The third-order valence-electron chi connectivity index (χ3n) is 5.29. The molecule has 0 radical (unpaired) electrons. The van der Waals surface area contributed by atoms with Crippen molar-refractivity contribution in [3.63, 3.8) is 0 Å². The molecule has 1 saturated heterocycles. The van der Waals surface area contributed by atoms with Gasteiger partial charge in [0.25, 0.3) is 0 Å². The van der Waals surface area contributed by atoms with Crippen molar-refractivity contribution in [3.8, 4) is 9.75 Å². The van der Waals surface area contributed by atoms with E-state index in [1.807, 2.05) is 11.3 Å². The third kappa shape index (κ3) is 4.21. The lowest BCUT2D eigenvalue weighted by molar-refractivity contribution is 0.00578. The van der Waals surface area contributed by atoms with Crippen molar-refractivity contribution in [1.29, 1.82) is 0 Å². The summed E-state index contributed by atoms with van der Waals surface area (Å²) >= 11 is 3.72. The van der Waals surface area contributed by atoms with Crippen molar-refractivity contribution in [2.24, 2.45) is 0 Å². The van der Waals surface area contributed by atoms with Gasteiger partial charge in [0.05, 0.1) is 11.2 Å². The Morgan fingerprint density at radius 2 is 1.48 bits per heavy atom. The van der Waals surface area contributed by atoms with Gasteiger partial charge < -0.3 is 9.31 Å². The largest absolute Gasteiger partial charge is 0.505 e. The van der Waals surface area contributed by atoms with Gasteiger partial charge in [-0.1, -0.05) is 32.3 Å². The van der Waals surface area contributed by atoms with Gasteiger partial charge in [0.15, 0.2) is 0 Å². The molecule has 0 N–H and O–H groups in total. The zero-order valence-electron chi connectivity index (χ0n) is 16.1. The first-order valence-electron chi connectivity index (χ1n) is 9.37. The fraction of sp³-hybridized carbons (Fsp3) is 0.600. The summed E-state index contributed by atoms with van der Waals surface area (Å²) in [6.45, 7) is 10.7. The van der Waals surface area contributed by atoms with Gasteiger partial charge in [0.2, 0.25) is 0 Å². The summed E-state index contributed by atoms with van der Waals surface area (Å²) < 4.78 is 13.5. The van der Waals surface area contributed by atoms with E-state index < -0.39 is 0 Å². The van der Waals surface area contributed by atoms with E-state index in [1.165, 1.54) is 46.7 Å². The van der Waals surface area contributed by atoms with E-state index in [9.17, 15) is 0 Å². The number of hydrogen-bond donors (Lipinski definition) is 0. The standard InChI is InChI=1S/C20H29BO2S2/c1-6-7-8-9-10-15-11-12-16(24-15)17-13-14-18(25-17)21-22-19(2,3)20(4,5)23-21/h11-14H,6-10H2,1-5H3. The summed E-state index contributed by atoms with van der Waals surface area (Å²) in [6, 6.07) is 8.92. The molecule has 0 saturated carbocycles. The van der Waals surface area contributed by atoms with Gasteiger partial charge in [-0.2, -0.15) is 0 Å². The van der Waals surface area contributed by atoms with E-state index >= 15 is 0 Å². The zero-order chi connectivity index (χ0) is 18.1. The topological polar surface area (TPSA) is 18.5 Å². The highest BCUT2D eigenvalue weighted by Gasteiger charge is 2.52. The molecule has 2 nitrogen and oxygen atoms in total. The SMILES string of the molecule is CCCCCCc1ccc(-c2ccc(B3OC(C)(C)C(C)(C)O3)s2)s1. The second-order valence-corrected chi connectivity index (χ2v) is 10.2. The van der Waals surface area contributed by atoms with E-state index in [4.69, 9.17) is 9.31 Å². The lowest BCUT2D eigenvalue weighted by atomic mass is 9.88. The number of hydrogen-bond acceptors (Lipinski definition) is 4. The smallest absolute Gasteiger partial charge is 0.399 e. The molecule has 0 aromatic carbocycles. The summed E-state index contributed by atoms with van der Waals surface area (Å²) in [6.07, 6.45) is 6.50. The monoisotopic (exact) mass is 376 g/mol. The Morgan fingerprint density at radius 3 is 2.16 bits per heavy atom. The van der Waals surface area contributed by atoms with E-state index in [0.717, 1.165) is 4.78 Å². The number of unbranched alkanes of at least 4 members (excludes halogenated alkanes) is 3. The molecule has 1 aliphatic heterocycles. The highest BCUT2D eigenvalue weighted by molar-refractivity contribution is 7.28. The van der Waals surface area contributed by atoms with Crippen molar-refractivity contribution in [2.75, 3.05) is 0 Å². The fourth-order valence-corrected chi connectivity index (χ4v) is 5.05. The van der Waals surface area contributed by atoms with Crippen LogP contribution in [0.15, 0.2) is 24.3 Å². The van der Waals surface area contributed by atoms with E-state index in [-0.39, 0.29) is 18.3 Å². The highest BCUT2D eigenvalue weighted by Crippen LogP contribution is 2.38.